The number of aliphatic carboxylic acids is 1. The highest BCUT2D eigenvalue weighted by atomic mass is 16.5. The van der Waals surface area contributed by atoms with Gasteiger partial charge in [-0.05, 0) is 12.8 Å². The summed E-state index contributed by atoms with van der Waals surface area (Å²) in [5.74, 6) is -1.15. The maximum absolute atomic E-state index is 11.5. The molecule has 19 heavy (non-hydrogen) atoms. The lowest BCUT2D eigenvalue weighted by atomic mass is 9.99. The van der Waals surface area contributed by atoms with Gasteiger partial charge in [0.2, 0.25) is 0 Å². The van der Waals surface area contributed by atoms with Gasteiger partial charge in [-0.1, -0.05) is 32.4 Å². The quantitative estimate of drug-likeness (QED) is 0.437. The van der Waals surface area contributed by atoms with Crippen LogP contribution in [0.5, 0.6) is 0 Å². The van der Waals surface area contributed by atoms with E-state index in [-0.39, 0.29) is 5.92 Å². The van der Waals surface area contributed by atoms with Crippen molar-refractivity contribution >= 4 is 12.0 Å². The van der Waals surface area contributed by atoms with E-state index in [0.29, 0.717) is 26.2 Å². The summed E-state index contributed by atoms with van der Waals surface area (Å²) in [6.07, 6.45) is 0.680. The lowest BCUT2D eigenvalue weighted by Crippen LogP contribution is -2.49. The van der Waals surface area contributed by atoms with E-state index in [4.69, 9.17) is 9.84 Å². The van der Waals surface area contributed by atoms with E-state index in [2.05, 4.69) is 17.2 Å². The minimum absolute atomic E-state index is 0.122. The van der Waals surface area contributed by atoms with Crippen molar-refractivity contribution in [2.24, 2.45) is 5.92 Å². The molecule has 0 aliphatic carbocycles. The first-order valence-electron chi connectivity index (χ1n) is 6.37. The van der Waals surface area contributed by atoms with E-state index in [1.165, 1.54) is 0 Å². The zero-order valence-electron chi connectivity index (χ0n) is 11.9. The van der Waals surface area contributed by atoms with Crippen LogP contribution >= 0.6 is 0 Å². The normalized spacial score (nSPS) is 13.4. The van der Waals surface area contributed by atoms with Gasteiger partial charge in [0.1, 0.15) is 6.04 Å². The standard InChI is InChI=1S/C13H24N2O4/c1-5-10(4)11(12(16)17)15-13(18)14-6-7-19-8-9(2)3/h10-11H,2,5-8H2,1,3-4H3,(H,16,17)(H2,14,15,18)/t10?,11-/m0/s1. The number of hydrogen-bond donors (Lipinski definition) is 3. The van der Waals surface area contributed by atoms with Crippen LogP contribution in [0, 0.1) is 5.92 Å². The zero-order valence-corrected chi connectivity index (χ0v) is 11.9. The van der Waals surface area contributed by atoms with Crippen LogP contribution in [-0.2, 0) is 9.53 Å². The molecule has 0 aliphatic heterocycles. The van der Waals surface area contributed by atoms with Crippen LogP contribution in [0.4, 0.5) is 4.79 Å². The van der Waals surface area contributed by atoms with Crippen LogP contribution in [0.1, 0.15) is 27.2 Å². The molecule has 110 valence electrons. The first-order valence-corrected chi connectivity index (χ1v) is 6.37. The highest BCUT2D eigenvalue weighted by Crippen LogP contribution is 2.07. The molecule has 0 fully saturated rings. The average molecular weight is 272 g/mol. The van der Waals surface area contributed by atoms with Crippen LogP contribution < -0.4 is 10.6 Å². The van der Waals surface area contributed by atoms with E-state index < -0.39 is 18.0 Å². The number of ether oxygens (including phenoxy) is 1. The topological polar surface area (TPSA) is 87.7 Å². The van der Waals surface area contributed by atoms with Crippen molar-refractivity contribution < 1.29 is 19.4 Å². The van der Waals surface area contributed by atoms with E-state index in [9.17, 15) is 9.59 Å². The van der Waals surface area contributed by atoms with E-state index in [0.717, 1.165) is 5.57 Å². The molecule has 0 aromatic carbocycles. The number of carboxylic acids is 1. The number of amides is 2. The van der Waals surface area contributed by atoms with Gasteiger partial charge in [0.05, 0.1) is 13.2 Å². The monoisotopic (exact) mass is 272 g/mol. The van der Waals surface area contributed by atoms with Crippen LogP contribution in [0.15, 0.2) is 12.2 Å². The van der Waals surface area contributed by atoms with Crippen LogP contribution in [-0.4, -0.2) is 42.9 Å². The van der Waals surface area contributed by atoms with Crippen molar-refractivity contribution in [1.82, 2.24) is 10.6 Å². The predicted octanol–water partition coefficient (Wildman–Crippen LogP) is 1.38. The Kier molecular flexibility index (Phi) is 8.61. The van der Waals surface area contributed by atoms with Gasteiger partial charge in [-0.25, -0.2) is 9.59 Å². The summed E-state index contributed by atoms with van der Waals surface area (Å²) in [5, 5.41) is 14.0. The second-order valence-corrected chi connectivity index (χ2v) is 4.61. The number of carboxylic acid groups (broad SMARTS) is 1. The van der Waals surface area contributed by atoms with Crippen LogP contribution in [0.25, 0.3) is 0 Å². The summed E-state index contributed by atoms with van der Waals surface area (Å²) in [5.41, 5.74) is 0.909. The molecule has 0 aliphatic rings. The SMILES string of the molecule is C=C(C)COCCNC(=O)N[C@H](C(=O)O)C(C)CC. The van der Waals surface area contributed by atoms with Gasteiger partial charge < -0.3 is 20.5 Å². The molecule has 2 amide bonds. The fraction of sp³-hybridized carbons (Fsp3) is 0.692. The molecular weight excluding hydrogens is 248 g/mol. The average Bonchev–Trinajstić information content (AvgIpc) is 2.33. The number of carbonyl (C=O) groups excluding carboxylic acids is 1. The van der Waals surface area contributed by atoms with E-state index in [1.807, 2.05) is 13.8 Å². The maximum Gasteiger partial charge on any atom is 0.326 e. The Morgan fingerprint density at radius 1 is 1.42 bits per heavy atom. The Morgan fingerprint density at radius 3 is 2.53 bits per heavy atom. The van der Waals surface area contributed by atoms with Gasteiger partial charge in [0, 0.05) is 6.54 Å². The molecule has 0 heterocycles. The highest BCUT2D eigenvalue weighted by Gasteiger charge is 2.24. The Hall–Kier alpha value is -1.56. The molecule has 0 aromatic rings. The van der Waals surface area contributed by atoms with Crippen LogP contribution in [0.2, 0.25) is 0 Å². The summed E-state index contributed by atoms with van der Waals surface area (Å²) >= 11 is 0. The molecule has 0 aromatic heterocycles. The van der Waals surface area contributed by atoms with Crippen molar-refractivity contribution in [2.45, 2.75) is 33.2 Å². The molecule has 6 heteroatoms. The molecule has 0 saturated carbocycles. The molecule has 3 N–H and O–H groups in total. The Balaban J connectivity index is 3.94. The Morgan fingerprint density at radius 2 is 2.05 bits per heavy atom. The number of rotatable bonds is 9. The number of carbonyl (C=O) groups is 2. The number of hydrogen-bond acceptors (Lipinski definition) is 3. The number of nitrogens with one attached hydrogen (secondary N) is 2. The second-order valence-electron chi connectivity index (χ2n) is 4.61. The molecule has 0 radical (unpaired) electrons. The smallest absolute Gasteiger partial charge is 0.326 e. The Bertz CT molecular complexity index is 318. The van der Waals surface area contributed by atoms with Gasteiger partial charge in [-0.15, -0.1) is 0 Å². The van der Waals surface area contributed by atoms with E-state index in [1.54, 1.807) is 6.92 Å². The molecule has 0 spiro atoms. The summed E-state index contributed by atoms with van der Waals surface area (Å²) in [6, 6.07) is -1.37. The fourth-order valence-corrected chi connectivity index (χ4v) is 1.36. The largest absolute Gasteiger partial charge is 0.480 e. The molecule has 2 atom stereocenters. The Labute approximate surface area is 114 Å². The zero-order chi connectivity index (χ0) is 14.8. The van der Waals surface area contributed by atoms with Gasteiger partial charge in [-0.3, -0.25) is 0 Å². The van der Waals surface area contributed by atoms with Gasteiger partial charge in [0.15, 0.2) is 0 Å². The highest BCUT2D eigenvalue weighted by molar-refractivity contribution is 5.82. The summed E-state index contributed by atoms with van der Waals surface area (Å²) < 4.78 is 5.21. The summed E-state index contributed by atoms with van der Waals surface area (Å²) in [7, 11) is 0. The van der Waals surface area contributed by atoms with E-state index >= 15 is 0 Å². The van der Waals surface area contributed by atoms with Crippen molar-refractivity contribution in [3.8, 4) is 0 Å². The molecule has 0 rings (SSSR count). The molecule has 6 nitrogen and oxygen atoms in total. The van der Waals surface area contributed by atoms with Crippen LogP contribution in [0.3, 0.4) is 0 Å². The first kappa shape index (κ1) is 17.4. The molecular formula is C13H24N2O4. The van der Waals surface area contributed by atoms with Crippen molar-refractivity contribution in [3.05, 3.63) is 12.2 Å². The van der Waals surface area contributed by atoms with Crippen molar-refractivity contribution in [1.29, 1.82) is 0 Å². The predicted molar refractivity (Wildman–Crippen MR) is 73.0 cm³/mol. The third kappa shape index (κ3) is 8.20. The fourth-order valence-electron chi connectivity index (χ4n) is 1.36. The summed E-state index contributed by atoms with van der Waals surface area (Å²) in [6.45, 7) is 10.3. The third-order valence-electron chi connectivity index (χ3n) is 2.65. The third-order valence-corrected chi connectivity index (χ3v) is 2.65. The molecule has 0 bridgehead atoms. The minimum Gasteiger partial charge on any atom is -0.480 e. The number of urea groups is 1. The molecule has 0 saturated heterocycles. The maximum atomic E-state index is 11.5. The second kappa shape index (κ2) is 9.38. The lowest BCUT2D eigenvalue weighted by Gasteiger charge is -2.20. The summed E-state index contributed by atoms with van der Waals surface area (Å²) in [4.78, 5) is 22.5. The lowest BCUT2D eigenvalue weighted by molar-refractivity contribution is -0.140. The van der Waals surface area contributed by atoms with Gasteiger partial charge in [-0.2, -0.15) is 0 Å². The van der Waals surface area contributed by atoms with Gasteiger partial charge >= 0.3 is 12.0 Å². The van der Waals surface area contributed by atoms with Gasteiger partial charge in [0.25, 0.3) is 0 Å². The minimum atomic E-state index is -1.02. The van der Waals surface area contributed by atoms with Crippen molar-refractivity contribution in [2.75, 3.05) is 19.8 Å². The first-order chi connectivity index (χ1) is 8.88. The van der Waals surface area contributed by atoms with Crippen molar-refractivity contribution in [3.63, 3.8) is 0 Å². The molecule has 1 unspecified atom stereocenters.